The molecule has 0 amide bonds. The molecule has 0 aliphatic heterocycles. The molecule has 0 aliphatic rings. The molecule has 0 unspecified atom stereocenters. The lowest BCUT2D eigenvalue weighted by Gasteiger charge is -2.09. The van der Waals surface area contributed by atoms with Gasteiger partial charge in [-0.2, -0.15) is 0 Å². The van der Waals surface area contributed by atoms with Crippen LogP contribution in [0.1, 0.15) is 12.0 Å². The van der Waals surface area contributed by atoms with Crippen LogP contribution in [0.25, 0.3) is 0 Å². The maximum atomic E-state index is 13.0. The minimum atomic E-state index is -0.296. The summed E-state index contributed by atoms with van der Waals surface area (Å²) in [5.74, 6) is -0.296. The number of hydrogen-bond acceptors (Lipinski definition) is 3. The number of nitrogens with one attached hydrogen (secondary N) is 1. The highest BCUT2D eigenvalue weighted by Crippen LogP contribution is 2.22. The van der Waals surface area contributed by atoms with Gasteiger partial charge in [-0.15, -0.1) is 0 Å². The highest BCUT2D eigenvalue weighted by atomic mass is 19.1. The molecule has 78 valence electrons. The Morgan fingerprint density at radius 3 is 2.86 bits per heavy atom. The molecule has 4 N–H and O–H groups in total. The SMILES string of the molecule is Cc1cc(NCCCO)c(N)cc1F. The average Bonchev–Trinajstić information content (AvgIpc) is 2.14. The zero-order valence-electron chi connectivity index (χ0n) is 8.18. The zero-order valence-corrected chi connectivity index (χ0v) is 8.18. The van der Waals surface area contributed by atoms with E-state index in [2.05, 4.69) is 5.32 Å². The normalized spacial score (nSPS) is 10.2. The number of halogens is 1. The van der Waals surface area contributed by atoms with Crippen LogP contribution < -0.4 is 11.1 Å². The van der Waals surface area contributed by atoms with Gasteiger partial charge in [-0.25, -0.2) is 4.39 Å². The molecule has 0 heterocycles. The Balaban J connectivity index is 2.72. The number of aliphatic hydroxyl groups excluding tert-OH is 1. The molecule has 0 saturated carbocycles. The maximum Gasteiger partial charge on any atom is 0.128 e. The highest BCUT2D eigenvalue weighted by molar-refractivity contribution is 5.67. The Morgan fingerprint density at radius 1 is 1.50 bits per heavy atom. The van der Waals surface area contributed by atoms with Crippen molar-refractivity contribution < 1.29 is 9.50 Å². The number of anilines is 2. The quantitative estimate of drug-likeness (QED) is 0.507. The fourth-order valence-corrected chi connectivity index (χ4v) is 1.15. The summed E-state index contributed by atoms with van der Waals surface area (Å²) >= 11 is 0. The van der Waals surface area contributed by atoms with E-state index in [-0.39, 0.29) is 12.4 Å². The second-order valence-electron chi connectivity index (χ2n) is 3.19. The molecule has 14 heavy (non-hydrogen) atoms. The standard InChI is InChI=1S/C10H15FN2O/c1-7-5-10(13-3-2-4-14)9(12)6-8(7)11/h5-6,13-14H,2-4,12H2,1H3. The lowest BCUT2D eigenvalue weighted by atomic mass is 10.2. The molecular formula is C10H15FN2O. The lowest BCUT2D eigenvalue weighted by Crippen LogP contribution is -2.06. The third-order valence-electron chi connectivity index (χ3n) is 1.98. The van der Waals surface area contributed by atoms with E-state index in [0.29, 0.717) is 24.2 Å². The molecule has 3 nitrogen and oxygen atoms in total. The molecule has 0 bridgehead atoms. The van der Waals surface area contributed by atoms with Crippen LogP contribution in [0, 0.1) is 12.7 Å². The van der Waals surface area contributed by atoms with Crippen molar-refractivity contribution in [2.45, 2.75) is 13.3 Å². The van der Waals surface area contributed by atoms with Crippen LogP contribution in [-0.4, -0.2) is 18.3 Å². The lowest BCUT2D eigenvalue weighted by molar-refractivity contribution is 0.292. The fraction of sp³-hybridized carbons (Fsp3) is 0.400. The summed E-state index contributed by atoms with van der Waals surface area (Å²) in [6.45, 7) is 2.45. The summed E-state index contributed by atoms with van der Waals surface area (Å²) in [6.07, 6.45) is 0.649. The Bertz CT molecular complexity index is 315. The van der Waals surface area contributed by atoms with E-state index in [0.717, 1.165) is 5.69 Å². The van der Waals surface area contributed by atoms with Crippen molar-refractivity contribution in [1.29, 1.82) is 0 Å². The van der Waals surface area contributed by atoms with Crippen molar-refractivity contribution in [2.24, 2.45) is 0 Å². The van der Waals surface area contributed by atoms with E-state index >= 15 is 0 Å². The average molecular weight is 198 g/mol. The van der Waals surface area contributed by atoms with Crippen molar-refractivity contribution in [1.82, 2.24) is 0 Å². The van der Waals surface area contributed by atoms with Crippen LogP contribution in [0.2, 0.25) is 0 Å². The monoisotopic (exact) mass is 198 g/mol. The number of aryl methyl sites for hydroxylation is 1. The van der Waals surface area contributed by atoms with Gasteiger partial charge in [-0.3, -0.25) is 0 Å². The molecule has 0 radical (unpaired) electrons. The number of benzene rings is 1. The Hall–Kier alpha value is -1.29. The van der Waals surface area contributed by atoms with Crippen LogP contribution in [0.3, 0.4) is 0 Å². The van der Waals surface area contributed by atoms with Crippen molar-refractivity contribution in [3.05, 3.63) is 23.5 Å². The summed E-state index contributed by atoms with van der Waals surface area (Å²) in [7, 11) is 0. The summed E-state index contributed by atoms with van der Waals surface area (Å²) < 4.78 is 13.0. The Morgan fingerprint density at radius 2 is 2.21 bits per heavy atom. The molecule has 0 fully saturated rings. The first kappa shape index (κ1) is 10.8. The van der Waals surface area contributed by atoms with Gasteiger partial charge >= 0.3 is 0 Å². The summed E-state index contributed by atoms with van der Waals surface area (Å²) in [5, 5.41) is 11.6. The number of nitrogens with two attached hydrogens (primary N) is 1. The van der Waals surface area contributed by atoms with Gasteiger partial charge in [0.05, 0.1) is 11.4 Å². The molecule has 0 aromatic heterocycles. The molecule has 4 heteroatoms. The second kappa shape index (κ2) is 4.81. The predicted molar refractivity (Wildman–Crippen MR) is 55.7 cm³/mol. The summed E-state index contributed by atoms with van der Waals surface area (Å²) in [5.41, 5.74) is 7.28. The topological polar surface area (TPSA) is 58.3 Å². The zero-order chi connectivity index (χ0) is 10.6. The van der Waals surface area contributed by atoms with Gasteiger partial charge in [0.1, 0.15) is 5.82 Å². The van der Waals surface area contributed by atoms with E-state index < -0.39 is 0 Å². The van der Waals surface area contributed by atoms with Crippen molar-refractivity contribution in [3.8, 4) is 0 Å². The smallest absolute Gasteiger partial charge is 0.128 e. The van der Waals surface area contributed by atoms with E-state index in [1.54, 1.807) is 13.0 Å². The number of rotatable bonds is 4. The first-order valence-electron chi connectivity index (χ1n) is 4.55. The largest absolute Gasteiger partial charge is 0.397 e. The van der Waals surface area contributed by atoms with Gasteiger partial charge in [0.25, 0.3) is 0 Å². The first-order valence-corrected chi connectivity index (χ1v) is 4.55. The molecule has 0 atom stereocenters. The minimum Gasteiger partial charge on any atom is -0.397 e. The van der Waals surface area contributed by atoms with Gasteiger partial charge < -0.3 is 16.2 Å². The molecule has 0 spiro atoms. The maximum absolute atomic E-state index is 13.0. The van der Waals surface area contributed by atoms with Crippen LogP contribution in [0.5, 0.6) is 0 Å². The molecule has 1 rings (SSSR count). The second-order valence-corrected chi connectivity index (χ2v) is 3.19. The van der Waals surface area contributed by atoms with Gasteiger partial charge in [0.15, 0.2) is 0 Å². The highest BCUT2D eigenvalue weighted by Gasteiger charge is 2.03. The molecule has 0 saturated heterocycles. The van der Waals surface area contributed by atoms with Gasteiger partial charge in [0, 0.05) is 13.2 Å². The molecular weight excluding hydrogens is 183 g/mol. The molecule has 0 aliphatic carbocycles. The summed E-state index contributed by atoms with van der Waals surface area (Å²) in [6, 6.07) is 2.97. The van der Waals surface area contributed by atoms with Crippen LogP contribution in [-0.2, 0) is 0 Å². The van der Waals surface area contributed by atoms with Crippen LogP contribution in [0.4, 0.5) is 15.8 Å². The van der Waals surface area contributed by atoms with E-state index in [4.69, 9.17) is 10.8 Å². The molecule has 1 aromatic rings. The van der Waals surface area contributed by atoms with E-state index in [1.165, 1.54) is 6.07 Å². The van der Waals surface area contributed by atoms with E-state index in [9.17, 15) is 4.39 Å². The van der Waals surface area contributed by atoms with E-state index in [1.807, 2.05) is 0 Å². The van der Waals surface area contributed by atoms with Crippen molar-refractivity contribution >= 4 is 11.4 Å². The van der Waals surface area contributed by atoms with Crippen LogP contribution >= 0.6 is 0 Å². The van der Waals surface area contributed by atoms with Gasteiger partial charge in [-0.1, -0.05) is 0 Å². The minimum absolute atomic E-state index is 0.132. The Kier molecular flexibility index (Phi) is 3.71. The third kappa shape index (κ3) is 2.60. The number of nitrogen functional groups attached to an aromatic ring is 1. The van der Waals surface area contributed by atoms with Gasteiger partial charge in [-0.05, 0) is 31.0 Å². The van der Waals surface area contributed by atoms with Crippen molar-refractivity contribution in [2.75, 3.05) is 24.2 Å². The van der Waals surface area contributed by atoms with Crippen LogP contribution in [0.15, 0.2) is 12.1 Å². The van der Waals surface area contributed by atoms with Gasteiger partial charge in [0.2, 0.25) is 0 Å². The number of aliphatic hydroxyl groups is 1. The fourth-order valence-electron chi connectivity index (χ4n) is 1.15. The molecule has 1 aromatic carbocycles. The first-order chi connectivity index (χ1) is 6.65. The Labute approximate surface area is 82.7 Å². The number of hydrogen-bond donors (Lipinski definition) is 3. The summed E-state index contributed by atoms with van der Waals surface area (Å²) in [4.78, 5) is 0. The third-order valence-corrected chi connectivity index (χ3v) is 1.98. The van der Waals surface area contributed by atoms with Crippen molar-refractivity contribution in [3.63, 3.8) is 0 Å². The predicted octanol–water partition coefficient (Wildman–Crippen LogP) is 1.51.